The standard InChI is InChI=1S/C11H9BrN4O4S/c12-8-6-14-4-3-10(8)15-21(19,20)11-5-7(16(17)18)1-2-9(11)13/h1-6H,13H2,(H,14,15). The number of sulfonamides is 1. The van der Waals surface area contributed by atoms with E-state index in [-0.39, 0.29) is 22.0 Å². The van der Waals surface area contributed by atoms with Gasteiger partial charge in [-0.25, -0.2) is 8.42 Å². The Bertz CT molecular complexity index is 810. The number of anilines is 2. The van der Waals surface area contributed by atoms with Crippen molar-refractivity contribution in [2.24, 2.45) is 0 Å². The minimum Gasteiger partial charge on any atom is -0.398 e. The zero-order valence-electron chi connectivity index (χ0n) is 10.4. The Morgan fingerprint density at radius 2 is 2.05 bits per heavy atom. The maximum absolute atomic E-state index is 12.3. The highest BCUT2D eigenvalue weighted by atomic mass is 79.9. The minimum absolute atomic E-state index is 0.0849. The number of hydrogen-bond acceptors (Lipinski definition) is 6. The van der Waals surface area contributed by atoms with Crippen LogP contribution in [0, 0.1) is 10.1 Å². The molecule has 1 aromatic heterocycles. The number of nitrogens with two attached hydrogens (primary N) is 1. The van der Waals surface area contributed by atoms with Gasteiger partial charge in [0.15, 0.2) is 0 Å². The lowest BCUT2D eigenvalue weighted by Crippen LogP contribution is -2.15. The SMILES string of the molecule is Nc1ccc([N+](=O)[O-])cc1S(=O)(=O)Nc1ccncc1Br. The van der Waals surface area contributed by atoms with Gasteiger partial charge in [0.1, 0.15) is 4.90 Å². The molecule has 0 amide bonds. The highest BCUT2D eigenvalue weighted by Crippen LogP contribution is 2.28. The van der Waals surface area contributed by atoms with Crippen LogP contribution >= 0.6 is 15.9 Å². The molecule has 0 aliphatic rings. The Morgan fingerprint density at radius 1 is 1.33 bits per heavy atom. The topological polar surface area (TPSA) is 128 Å². The van der Waals surface area contributed by atoms with Gasteiger partial charge in [0.25, 0.3) is 15.7 Å². The van der Waals surface area contributed by atoms with Crippen molar-refractivity contribution in [1.29, 1.82) is 0 Å². The molecule has 0 aliphatic carbocycles. The van der Waals surface area contributed by atoms with Gasteiger partial charge >= 0.3 is 0 Å². The highest BCUT2D eigenvalue weighted by Gasteiger charge is 2.22. The Hall–Kier alpha value is -2.20. The van der Waals surface area contributed by atoms with Crippen molar-refractivity contribution in [2.75, 3.05) is 10.5 Å². The molecule has 0 aliphatic heterocycles. The number of nitro benzene ring substituents is 1. The van der Waals surface area contributed by atoms with Crippen molar-refractivity contribution in [3.8, 4) is 0 Å². The highest BCUT2D eigenvalue weighted by molar-refractivity contribution is 9.10. The number of nitrogens with one attached hydrogen (secondary N) is 1. The molecular weight excluding hydrogens is 364 g/mol. The second kappa shape index (κ2) is 5.66. The third-order valence-corrected chi connectivity index (χ3v) is 4.57. The lowest BCUT2D eigenvalue weighted by atomic mass is 10.3. The van der Waals surface area contributed by atoms with Crippen molar-refractivity contribution in [3.63, 3.8) is 0 Å². The Morgan fingerprint density at radius 3 is 2.67 bits per heavy atom. The molecule has 1 aromatic carbocycles. The Kier molecular flexibility index (Phi) is 4.09. The molecule has 0 bridgehead atoms. The number of pyridine rings is 1. The van der Waals surface area contributed by atoms with E-state index in [1.54, 1.807) is 0 Å². The largest absolute Gasteiger partial charge is 0.398 e. The van der Waals surface area contributed by atoms with Crippen molar-refractivity contribution < 1.29 is 13.3 Å². The van der Waals surface area contributed by atoms with E-state index in [0.29, 0.717) is 4.47 Å². The number of non-ortho nitro benzene ring substituents is 1. The van der Waals surface area contributed by atoms with Crippen LogP contribution in [0.5, 0.6) is 0 Å². The normalized spacial score (nSPS) is 11.1. The first-order chi connectivity index (χ1) is 9.81. The van der Waals surface area contributed by atoms with Gasteiger partial charge in [-0.05, 0) is 28.1 Å². The van der Waals surface area contributed by atoms with E-state index in [9.17, 15) is 18.5 Å². The first kappa shape index (κ1) is 15.2. The van der Waals surface area contributed by atoms with Crippen molar-refractivity contribution in [3.05, 3.63) is 51.2 Å². The molecule has 0 unspecified atom stereocenters. The van der Waals surface area contributed by atoms with Crippen LogP contribution in [0.2, 0.25) is 0 Å². The molecule has 0 saturated heterocycles. The van der Waals surface area contributed by atoms with E-state index in [2.05, 4.69) is 25.6 Å². The quantitative estimate of drug-likeness (QED) is 0.480. The maximum Gasteiger partial charge on any atom is 0.270 e. The number of aromatic nitrogens is 1. The van der Waals surface area contributed by atoms with Crippen molar-refractivity contribution >= 4 is 43.0 Å². The van der Waals surface area contributed by atoms with Crippen LogP contribution in [0.25, 0.3) is 0 Å². The maximum atomic E-state index is 12.3. The molecule has 0 radical (unpaired) electrons. The van der Waals surface area contributed by atoms with Crippen molar-refractivity contribution in [2.45, 2.75) is 4.90 Å². The first-order valence-corrected chi connectivity index (χ1v) is 7.75. The lowest BCUT2D eigenvalue weighted by Gasteiger charge is -2.11. The summed E-state index contributed by atoms with van der Waals surface area (Å²) in [5.41, 5.74) is 5.40. The molecule has 2 aromatic rings. The van der Waals surface area contributed by atoms with E-state index >= 15 is 0 Å². The van der Waals surface area contributed by atoms with Crippen LogP contribution in [-0.4, -0.2) is 18.3 Å². The lowest BCUT2D eigenvalue weighted by molar-refractivity contribution is -0.385. The predicted octanol–water partition coefficient (Wildman–Crippen LogP) is 2.14. The molecule has 2 rings (SSSR count). The van der Waals surface area contributed by atoms with Gasteiger partial charge in [0, 0.05) is 24.5 Å². The van der Waals surface area contributed by atoms with Gasteiger partial charge in [0.05, 0.1) is 20.8 Å². The van der Waals surface area contributed by atoms with Gasteiger partial charge in [0.2, 0.25) is 0 Å². The Labute approximate surface area is 128 Å². The fourth-order valence-corrected chi connectivity index (χ4v) is 3.24. The van der Waals surface area contributed by atoms with Gasteiger partial charge in [-0.15, -0.1) is 0 Å². The van der Waals surface area contributed by atoms with E-state index in [0.717, 1.165) is 12.1 Å². The molecule has 0 spiro atoms. The van der Waals surface area contributed by atoms with Gasteiger partial charge in [-0.1, -0.05) is 0 Å². The number of nitrogen functional groups attached to an aromatic ring is 1. The summed E-state index contributed by atoms with van der Waals surface area (Å²) in [6, 6.07) is 4.66. The van der Waals surface area contributed by atoms with Crippen LogP contribution in [-0.2, 0) is 10.0 Å². The summed E-state index contributed by atoms with van der Waals surface area (Å²) in [6.07, 6.45) is 2.81. The van der Waals surface area contributed by atoms with Gasteiger partial charge in [-0.2, -0.15) is 0 Å². The smallest absolute Gasteiger partial charge is 0.270 e. The first-order valence-electron chi connectivity index (χ1n) is 5.47. The molecule has 3 N–H and O–H groups in total. The van der Waals surface area contributed by atoms with Crippen LogP contribution in [0.4, 0.5) is 17.1 Å². The second-order valence-corrected chi connectivity index (χ2v) is 6.45. The summed E-state index contributed by atoms with van der Waals surface area (Å²) in [6.45, 7) is 0. The second-order valence-electron chi connectivity index (χ2n) is 3.94. The monoisotopic (exact) mass is 372 g/mol. The van der Waals surface area contributed by atoms with E-state index in [1.165, 1.54) is 24.5 Å². The zero-order chi connectivity index (χ0) is 15.6. The fourth-order valence-electron chi connectivity index (χ4n) is 1.53. The summed E-state index contributed by atoms with van der Waals surface area (Å²) in [4.78, 5) is 13.5. The molecule has 10 heteroatoms. The van der Waals surface area contributed by atoms with Crippen LogP contribution in [0.3, 0.4) is 0 Å². The fraction of sp³-hybridized carbons (Fsp3) is 0. The molecule has 1 heterocycles. The molecule has 0 fully saturated rings. The average Bonchev–Trinajstić information content (AvgIpc) is 2.41. The summed E-state index contributed by atoms with van der Waals surface area (Å²) in [5, 5.41) is 10.7. The number of rotatable bonds is 4. The van der Waals surface area contributed by atoms with Crippen LogP contribution in [0.15, 0.2) is 46.0 Å². The predicted molar refractivity (Wildman–Crippen MR) is 80.3 cm³/mol. The Balaban J connectivity index is 2.47. The molecule has 8 nitrogen and oxygen atoms in total. The summed E-state index contributed by atoms with van der Waals surface area (Å²) in [5.74, 6) is 0. The van der Waals surface area contributed by atoms with Crippen molar-refractivity contribution in [1.82, 2.24) is 4.98 Å². The summed E-state index contributed by atoms with van der Waals surface area (Å²) >= 11 is 3.15. The van der Waals surface area contributed by atoms with Crippen LogP contribution in [0.1, 0.15) is 0 Å². The third kappa shape index (κ3) is 3.28. The molecule has 21 heavy (non-hydrogen) atoms. The van der Waals surface area contributed by atoms with E-state index < -0.39 is 14.9 Å². The molecule has 110 valence electrons. The number of nitro groups is 1. The van der Waals surface area contributed by atoms with E-state index in [4.69, 9.17) is 5.73 Å². The van der Waals surface area contributed by atoms with Crippen LogP contribution < -0.4 is 10.5 Å². The summed E-state index contributed by atoms with van der Waals surface area (Å²) < 4.78 is 27.3. The molecular formula is C11H9BrN4O4S. The number of halogens is 1. The zero-order valence-corrected chi connectivity index (χ0v) is 12.8. The number of benzene rings is 1. The summed E-state index contributed by atoms with van der Waals surface area (Å²) in [7, 11) is -4.06. The number of hydrogen-bond donors (Lipinski definition) is 2. The average molecular weight is 373 g/mol. The molecule has 0 atom stereocenters. The van der Waals surface area contributed by atoms with E-state index in [1.807, 2.05) is 0 Å². The van der Waals surface area contributed by atoms with Gasteiger partial charge in [-0.3, -0.25) is 19.8 Å². The van der Waals surface area contributed by atoms with Gasteiger partial charge < -0.3 is 5.73 Å². The molecule has 0 saturated carbocycles. The number of nitrogens with zero attached hydrogens (tertiary/aromatic N) is 2. The third-order valence-electron chi connectivity index (χ3n) is 2.51. The minimum atomic E-state index is -4.06.